The smallest absolute Gasteiger partial charge is 0.365 e. The van der Waals surface area contributed by atoms with Crippen LogP contribution in [0.4, 0.5) is 11.4 Å². The van der Waals surface area contributed by atoms with Gasteiger partial charge in [0.2, 0.25) is 0 Å². The Morgan fingerprint density at radius 2 is 1.68 bits per heavy atom. The summed E-state index contributed by atoms with van der Waals surface area (Å²) in [5.74, 6) is 0.273. The molecule has 1 heterocycles. The van der Waals surface area contributed by atoms with Crippen LogP contribution in [0.3, 0.4) is 0 Å². The summed E-state index contributed by atoms with van der Waals surface area (Å²) in [4.78, 5) is 25.9. The first-order valence-electron chi connectivity index (χ1n) is 10.4. The van der Waals surface area contributed by atoms with Crippen LogP contribution in [0, 0.1) is 28.9 Å². The highest BCUT2D eigenvalue weighted by atomic mass is 16.6. The molecule has 0 saturated carbocycles. The zero-order chi connectivity index (χ0) is 22.7. The number of rotatable bonds is 8. The fraction of sp³-hybridized carbons (Fsp3) is 0.391. The topological polar surface area (TPSA) is 94.4 Å². The molecule has 0 atom stereocenters. The summed E-state index contributed by atoms with van der Waals surface area (Å²) in [7, 11) is 0. The Morgan fingerprint density at radius 3 is 2.23 bits per heavy atom. The molecular weight excluding hydrogens is 396 g/mol. The molecule has 8 nitrogen and oxygen atoms in total. The number of hydrogen-bond acceptors (Lipinski definition) is 6. The largest absolute Gasteiger partial charge is 0.446 e. The highest BCUT2D eigenvalue weighted by Gasteiger charge is 2.24. The third kappa shape index (κ3) is 5.02. The lowest BCUT2D eigenvalue weighted by molar-refractivity contribution is -0.384. The van der Waals surface area contributed by atoms with Gasteiger partial charge in [0.15, 0.2) is 5.82 Å². The zero-order valence-electron chi connectivity index (χ0n) is 18.5. The molecule has 3 aromatic rings. The Balaban J connectivity index is 2.11. The summed E-state index contributed by atoms with van der Waals surface area (Å²) in [5, 5.41) is 15.8. The zero-order valence-corrected chi connectivity index (χ0v) is 18.5. The van der Waals surface area contributed by atoms with Gasteiger partial charge in [-0.05, 0) is 43.0 Å². The van der Waals surface area contributed by atoms with Crippen LogP contribution in [-0.4, -0.2) is 27.7 Å². The first-order valence-corrected chi connectivity index (χ1v) is 10.4. The Morgan fingerprint density at radius 1 is 1.06 bits per heavy atom. The van der Waals surface area contributed by atoms with E-state index in [-0.39, 0.29) is 16.4 Å². The van der Waals surface area contributed by atoms with E-state index < -0.39 is 5.76 Å². The molecule has 8 heteroatoms. The molecule has 1 aromatic heterocycles. The fourth-order valence-electron chi connectivity index (χ4n) is 3.58. The lowest BCUT2D eigenvalue weighted by atomic mass is 10.1. The Bertz CT molecular complexity index is 1100. The van der Waals surface area contributed by atoms with Gasteiger partial charge in [-0.2, -0.15) is 0 Å². The van der Waals surface area contributed by atoms with Crippen molar-refractivity contribution in [2.24, 2.45) is 11.8 Å². The maximum atomic E-state index is 12.3. The van der Waals surface area contributed by atoms with E-state index in [1.807, 2.05) is 24.0 Å². The second kappa shape index (κ2) is 9.16. The number of aryl methyl sites for hydroxylation is 1. The van der Waals surface area contributed by atoms with E-state index in [9.17, 15) is 14.9 Å². The molecule has 2 aromatic carbocycles. The molecule has 0 aliphatic carbocycles. The normalized spacial score (nSPS) is 11.3. The van der Waals surface area contributed by atoms with Crippen LogP contribution in [0.1, 0.15) is 33.3 Å². The van der Waals surface area contributed by atoms with E-state index in [1.165, 1.54) is 10.6 Å². The van der Waals surface area contributed by atoms with Crippen LogP contribution >= 0.6 is 0 Å². The van der Waals surface area contributed by atoms with Crippen molar-refractivity contribution in [1.82, 2.24) is 9.72 Å². The van der Waals surface area contributed by atoms with Crippen LogP contribution in [0.2, 0.25) is 0 Å². The standard InChI is InChI=1S/C23H28N4O4/c1-15(2)13-25(14-16(3)4)20-11-8-18(12-21(20)27(29)30)22-24-31-23(28)26(22)19-9-6-17(5)7-10-19/h6-12,15-16H,13-14H2,1-5H3. The number of nitro groups is 1. The summed E-state index contributed by atoms with van der Waals surface area (Å²) in [6, 6.07) is 12.3. The van der Waals surface area contributed by atoms with Gasteiger partial charge in [0.25, 0.3) is 5.69 Å². The van der Waals surface area contributed by atoms with E-state index in [0.717, 1.165) is 5.56 Å². The molecule has 0 aliphatic heterocycles. The average Bonchev–Trinajstić information content (AvgIpc) is 3.08. The molecule has 3 rings (SSSR count). The molecule has 0 amide bonds. The summed E-state index contributed by atoms with van der Waals surface area (Å²) >= 11 is 0. The van der Waals surface area contributed by atoms with Gasteiger partial charge in [-0.15, -0.1) is 0 Å². The predicted molar refractivity (Wildman–Crippen MR) is 121 cm³/mol. The van der Waals surface area contributed by atoms with Crippen LogP contribution in [0.15, 0.2) is 51.8 Å². The molecule has 0 bridgehead atoms. The van der Waals surface area contributed by atoms with E-state index in [2.05, 4.69) is 32.9 Å². The SMILES string of the molecule is Cc1ccc(-n2c(-c3ccc(N(CC(C)C)CC(C)C)c([N+](=O)[O-])c3)noc2=O)cc1. The summed E-state index contributed by atoms with van der Waals surface area (Å²) in [6.07, 6.45) is 0. The quantitative estimate of drug-likeness (QED) is 0.380. The Labute approximate surface area is 181 Å². The Hall–Kier alpha value is -3.42. The average molecular weight is 425 g/mol. The number of hydrogen-bond donors (Lipinski definition) is 0. The van der Waals surface area contributed by atoms with Gasteiger partial charge in [-0.25, -0.2) is 9.36 Å². The van der Waals surface area contributed by atoms with E-state index in [0.29, 0.717) is 41.9 Å². The van der Waals surface area contributed by atoms with Gasteiger partial charge in [0.1, 0.15) is 5.69 Å². The van der Waals surface area contributed by atoms with Crippen molar-refractivity contribution >= 4 is 11.4 Å². The molecule has 0 spiro atoms. The monoisotopic (exact) mass is 424 g/mol. The number of nitro benzene ring substituents is 1. The van der Waals surface area contributed by atoms with Gasteiger partial charge in [-0.3, -0.25) is 14.6 Å². The van der Waals surface area contributed by atoms with Crippen molar-refractivity contribution in [2.75, 3.05) is 18.0 Å². The number of aromatic nitrogens is 2. The number of benzene rings is 2. The van der Waals surface area contributed by atoms with E-state index in [4.69, 9.17) is 4.52 Å². The third-order valence-corrected chi connectivity index (χ3v) is 4.84. The third-order valence-electron chi connectivity index (χ3n) is 4.84. The molecule has 0 fully saturated rings. The second-order valence-corrected chi connectivity index (χ2v) is 8.60. The molecule has 0 N–H and O–H groups in total. The fourth-order valence-corrected chi connectivity index (χ4v) is 3.58. The summed E-state index contributed by atoms with van der Waals surface area (Å²) in [6.45, 7) is 11.7. The van der Waals surface area contributed by atoms with Crippen LogP contribution in [-0.2, 0) is 0 Å². The van der Waals surface area contributed by atoms with Gasteiger partial charge < -0.3 is 4.90 Å². The van der Waals surface area contributed by atoms with Crippen molar-refractivity contribution < 1.29 is 9.45 Å². The first kappa shape index (κ1) is 22.3. The molecular formula is C23H28N4O4. The van der Waals surface area contributed by atoms with Crippen molar-refractivity contribution in [2.45, 2.75) is 34.6 Å². The highest BCUT2D eigenvalue weighted by Crippen LogP contribution is 2.34. The number of nitrogens with zero attached hydrogens (tertiary/aromatic N) is 4. The van der Waals surface area contributed by atoms with Crippen LogP contribution in [0.25, 0.3) is 17.1 Å². The lowest BCUT2D eigenvalue weighted by Gasteiger charge is -2.28. The molecule has 0 saturated heterocycles. The van der Waals surface area contributed by atoms with Crippen molar-refractivity contribution in [3.05, 3.63) is 68.7 Å². The van der Waals surface area contributed by atoms with Gasteiger partial charge >= 0.3 is 5.76 Å². The Kier molecular flexibility index (Phi) is 6.58. The molecule has 0 unspecified atom stereocenters. The van der Waals surface area contributed by atoms with E-state index in [1.54, 1.807) is 24.3 Å². The predicted octanol–water partition coefficient (Wildman–Crippen LogP) is 4.83. The van der Waals surface area contributed by atoms with Crippen molar-refractivity contribution in [3.8, 4) is 17.1 Å². The molecule has 164 valence electrons. The summed E-state index contributed by atoms with van der Waals surface area (Å²) in [5.41, 5.74) is 2.61. The van der Waals surface area contributed by atoms with Crippen molar-refractivity contribution in [3.63, 3.8) is 0 Å². The van der Waals surface area contributed by atoms with Gasteiger partial charge in [-0.1, -0.05) is 50.5 Å². The molecule has 31 heavy (non-hydrogen) atoms. The van der Waals surface area contributed by atoms with E-state index >= 15 is 0 Å². The van der Waals surface area contributed by atoms with Crippen LogP contribution in [0.5, 0.6) is 0 Å². The lowest BCUT2D eigenvalue weighted by Crippen LogP contribution is -2.31. The first-order chi connectivity index (χ1) is 14.7. The minimum Gasteiger partial charge on any atom is -0.365 e. The van der Waals surface area contributed by atoms with Gasteiger partial charge in [0.05, 0.1) is 10.6 Å². The maximum Gasteiger partial charge on any atom is 0.446 e. The summed E-state index contributed by atoms with van der Waals surface area (Å²) < 4.78 is 6.21. The van der Waals surface area contributed by atoms with Crippen LogP contribution < -0.4 is 10.7 Å². The number of anilines is 1. The molecule has 0 aliphatic rings. The second-order valence-electron chi connectivity index (χ2n) is 8.60. The minimum atomic E-state index is -0.646. The van der Waals surface area contributed by atoms with Gasteiger partial charge in [0, 0.05) is 24.7 Å². The minimum absolute atomic E-state index is 0.0234. The maximum absolute atomic E-state index is 12.3. The highest BCUT2D eigenvalue weighted by molar-refractivity contribution is 5.72. The molecule has 0 radical (unpaired) electrons. The van der Waals surface area contributed by atoms with Crippen molar-refractivity contribution in [1.29, 1.82) is 0 Å².